The molecule has 0 aromatic carbocycles. The van der Waals surface area contributed by atoms with Gasteiger partial charge in [-0.1, -0.05) is 0 Å². The fraction of sp³-hybridized carbons (Fsp3) is 0.250. The van der Waals surface area contributed by atoms with Gasteiger partial charge in [-0.25, -0.2) is 0 Å². The molecule has 1 heterocycles. The Balaban J connectivity index is 2.80. The zero-order valence-corrected chi connectivity index (χ0v) is 7.00. The monoisotopic (exact) mass is 166 g/mol. The minimum atomic E-state index is -0.516. The molecule has 1 rings (SSSR count). The molecule has 0 saturated heterocycles. The lowest BCUT2D eigenvalue weighted by Crippen LogP contribution is -2.29. The van der Waals surface area contributed by atoms with Gasteiger partial charge in [0, 0.05) is 20.3 Å². The van der Waals surface area contributed by atoms with Gasteiger partial charge in [-0.05, 0) is 12.1 Å². The van der Waals surface area contributed by atoms with Crippen molar-refractivity contribution >= 4 is 11.7 Å². The summed E-state index contributed by atoms with van der Waals surface area (Å²) in [5.41, 5.74) is 0.328. The van der Waals surface area contributed by atoms with Crippen molar-refractivity contribution in [1.29, 1.82) is 0 Å². The zero-order chi connectivity index (χ0) is 9.14. The Kier molecular flexibility index (Phi) is 2.28. The van der Waals surface area contributed by atoms with Crippen molar-refractivity contribution in [2.75, 3.05) is 14.1 Å². The number of nitrogens with one attached hydrogen (secondary N) is 1. The quantitative estimate of drug-likeness (QED) is 0.507. The van der Waals surface area contributed by atoms with Crippen LogP contribution in [0.4, 0.5) is 0 Å². The summed E-state index contributed by atoms with van der Waals surface area (Å²) in [4.78, 5) is 26.3. The van der Waals surface area contributed by atoms with Crippen LogP contribution < -0.4 is 0 Å². The molecule has 1 amide bonds. The van der Waals surface area contributed by atoms with E-state index in [-0.39, 0.29) is 0 Å². The molecular weight excluding hydrogens is 156 g/mol. The van der Waals surface area contributed by atoms with Crippen LogP contribution in [-0.2, 0) is 4.79 Å². The summed E-state index contributed by atoms with van der Waals surface area (Å²) in [7, 11) is 3.09. The lowest BCUT2D eigenvalue weighted by Gasteiger charge is -2.06. The van der Waals surface area contributed by atoms with E-state index in [0.717, 1.165) is 0 Å². The van der Waals surface area contributed by atoms with Crippen molar-refractivity contribution in [3.63, 3.8) is 0 Å². The van der Waals surface area contributed by atoms with Crippen molar-refractivity contribution in [3.05, 3.63) is 24.0 Å². The van der Waals surface area contributed by atoms with E-state index in [1.165, 1.54) is 4.90 Å². The van der Waals surface area contributed by atoms with Crippen LogP contribution in [0.1, 0.15) is 10.5 Å². The number of ketones is 1. The van der Waals surface area contributed by atoms with Gasteiger partial charge in [0.05, 0.1) is 5.69 Å². The second-order valence-corrected chi connectivity index (χ2v) is 2.61. The van der Waals surface area contributed by atoms with Gasteiger partial charge >= 0.3 is 0 Å². The number of H-pyrrole nitrogens is 1. The van der Waals surface area contributed by atoms with E-state index in [1.54, 1.807) is 32.4 Å². The molecule has 1 aromatic rings. The summed E-state index contributed by atoms with van der Waals surface area (Å²) in [6, 6.07) is 3.25. The number of hydrogen-bond acceptors (Lipinski definition) is 2. The summed E-state index contributed by atoms with van der Waals surface area (Å²) >= 11 is 0. The van der Waals surface area contributed by atoms with Crippen molar-refractivity contribution < 1.29 is 9.59 Å². The Labute approximate surface area is 70.2 Å². The van der Waals surface area contributed by atoms with Crippen LogP contribution >= 0.6 is 0 Å². The molecule has 0 aliphatic heterocycles. The van der Waals surface area contributed by atoms with Crippen LogP contribution in [0, 0.1) is 0 Å². The van der Waals surface area contributed by atoms with Gasteiger partial charge in [-0.2, -0.15) is 0 Å². The molecule has 64 valence electrons. The maximum absolute atomic E-state index is 11.2. The molecule has 0 spiro atoms. The number of aromatic nitrogens is 1. The molecule has 0 bridgehead atoms. The topological polar surface area (TPSA) is 53.2 Å². The number of carbonyl (C=O) groups is 2. The first-order valence-corrected chi connectivity index (χ1v) is 3.52. The van der Waals surface area contributed by atoms with Crippen LogP contribution in [-0.4, -0.2) is 35.7 Å². The van der Waals surface area contributed by atoms with Gasteiger partial charge in [-0.3, -0.25) is 9.59 Å². The van der Waals surface area contributed by atoms with E-state index in [9.17, 15) is 9.59 Å². The van der Waals surface area contributed by atoms with Crippen LogP contribution in [0.15, 0.2) is 18.3 Å². The van der Waals surface area contributed by atoms with Crippen molar-refractivity contribution in [3.8, 4) is 0 Å². The molecular formula is C8H10N2O2. The Morgan fingerprint density at radius 3 is 2.50 bits per heavy atom. The number of carbonyl (C=O) groups excluding carboxylic acids is 2. The molecule has 0 aliphatic carbocycles. The first-order valence-electron chi connectivity index (χ1n) is 3.52. The highest BCUT2D eigenvalue weighted by Crippen LogP contribution is 1.97. The molecule has 4 nitrogen and oxygen atoms in total. The Bertz CT molecular complexity index is 288. The summed E-state index contributed by atoms with van der Waals surface area (Å²) in [5, 5.41) is 0. The molecule has 0 unspecified atom stereocenters. The maximum atomic E-state index is 11.2. The Hall–Kier alpha value is -1.58. The van der Waals surface area contributed by atoms with Crippen LogP contribution in [0.5, 0.6) is 0 Å². The number of aromatic amines is 1. The maximum Gasteiger partial charge on any atom is 0.296 e. The van der Waals surface area contributed by atoms with Gasteiger partial charge in [0.15, 0.2) is 0 Å². The van der Waals surface area contributed by atoms with Crippen LogP contribution in [0.2, 0.25) is 0 Å². The second kappa shape index (κ2) is 3.21. The molecule has 4 heteroatoms. The lowest BCUT2D eigenvalue weighted by molar-refractivity contribution is -0.124. The van der Waals surface area contributed by atoms with E-state index >= 15 is 0 Å². The van der Waals surface area contributed by atoms with Gasteiger partial charge < -0.3 is 9.88 Å². The molecule has 0 fully saturated rings. The summed E-state index contributed by atoms with van der Waals surface area (Å²) in [5.74, 6) is -1.03. The minimum absolute atomic E-state index is 0.328. The SMILES string of the molecule is CN(C)C(=O)C(=O)c1ccc[nH]1. The van der Waals surface area contributed by atoms with E-state index < -0.39 is 11.7 Å². The number of hydrogen-bond donors (Lipinski definition) is 1. The summed E-state index contributed by atoms with van der Waals surface area (Å²) in [6.45, 7) is 0. The zero-order valence-electron chi connectivity index (χ0n) is 7.00. The third-order valence-corrected chi connectivity index (χ3v) is 1.44. The van der Waals surface area contributed by atoms with Gasteiger partial charge in [0.2, 0.25) is 0 Å². The highest BCUT2D eigenvalue weighted by Gasteiger charge is 2.17. The third kappa shape index (κ3) is 1.53. The highest BCUT2D eigenvalue weighted by atomic mass is 16.2. The molecule has 0 atom stereocenters. The molecule has 0 radical (unpaired) electrons. The number of rotatable bonds is 2. The van der Waals surface area contributed by atoms with Crippen molar-refractivity contribution in [2.45, 2.75) is 0 Å². The Morgan fingerprint density at radius 1 is 1.42 bits per heavy atom. The lowest BCUT2D eigenvalue weighted by atomic mass is 10.2. The summed E-state index contributed by atoms with van der Waals surface area (Å²) in [6.07, 6.45) is 1.61. The van der Waals surface area contributed by atoms with E-state index in [0.29, 0.717) is 5.69 Å². The number of likely N-dealkylation sites (N-methyl/N-ethyl adjacent to an activating group) is 1. The van der Waals surface area contributed by atoms with Crippen LogP contribution in [0.3, 0.4) is 0 Å². The predicted octanol–water partition coefficient (Wildman–Crippen LogP) is 0.286. The average molecular weight is 166 g/mol. The molecule has 0 saturated carbocycles. The normalized spacial score (nSPS) is 9.50. The number of Topliss-reactive ketones (excluding diaryl/α,β-unsaturated/α-hetero) is 1. The Morgan fingerprint density at radius 2 is 2.08 bits per heavy atom. The van der Waals surface area contributed by atoms with Gasteiger partial charge in [0.25, 0.3) is 11.7 Å². The third-order valence-electron chi connectivity index (χ3n) is 1.44. The fourth-order valence-corrected chi connectivity index (χ4v) is 0.790. The molecule has 1 N–H and O–H groups in total. The number of nitrogens with zero attached hydrogens (tertiary/aromatic N) is 1. The number of amides is 1. The second-order valence-electron chi connectivity index (χ2n) is 2.61. The first-order chi connectivity index (χ1) is 5.63. The van der Waals surface area contributed by atoms with Gasteiger partial charge in [-0.15, -0.1) is 0 Å². The van der Waals surface area contributed by atoms with Crippen molar-refractivity contribution in [2.24, 2.45) is 0 Å². The standard InChI is InChI=1S/C8H10N2O2/c1-10(2)8(12)7(11)6-4-3-5-9-6/h3-5,9H,1-2H3. The predicted molar refractivity (Wildman–Crippen MR) is 43.8 cm³/mol. The molecule has 1 aromatic heterocycles. The smallest absolute Gasteiger partial charge is 0.296 e. The molecule has 0 aliphatic rings. The highest BCUT2D eigenvalue weighted by molar-refractivity contribution is 6.42. The minimum Gasteiger partial charge on any atom is -0.358 e. The van der Waals surface area contributed by atoms with Gasteiger partial charge in [0.1, 0.15) is 0 Å². The van der Waals surface area contributed by atoms with E-state index in [1.807, 2.05) is 0 Å². The molecule has 12 heavy (non-hydrogen) atoms. The average Bonchev–Trinajstić information content (AvgIpc) is 2.53. The summed E-state index contributed by atoms with van der Waals surface area (Å²) < 4.78 is 0. The van der Waals surface area contributed by atoms with Crippen molar-refractivity contribution in [1.82, 2.24) is 9.88 Å². The first kappa shape index (κ1) is 8.52. The fourth-order valence-electron chi connectivity index (χ4n) is 0.790. The van der Waals surface area contributed by atoms with E-state index in [2.05, 4.69) is 4.98 Å². The van der Waals surface area contributed by atoms with Crippen LogP contribution in [0.25, 0.3) is 0 Å². The van der Waals surface area contributed by atoms with E-state index in [4.69, 9.17) is 0 Å². The largest absolute Gasteiger partial charge is 0.358 e.